The number of benzene rings is 1. The van der Waals surface area contributed by atoms with Gasteiger partial charge in [0.15, 0.2) is 10.9 Å². The van der Waals surface area contributed by atoms with Gasteiger partial charge in [-0.3, -0.25) is 24.1 Å². The maximum Gasteiger partial charge on any atom is 0.261 e. The van der Waals surface area contributed by atoms with Crippen molar-refractivity contribution in [1.82, 2.24) is 9.88 Å². The summed E-state index contributed by atoms with van der Waals surface area (Å²) in [5.74, 6) is -1.05. The van der Waals surface area contributed by atoms with Crippen LogP contribution in [0.1, 0.15) is 48.1 Å². The standard InChI is InChI=1S/C20H15N3O4S2/c24-15(16-6-3-9-28-16)7-8-17(25)22-20-21-10-12(29-20)11-23-18(26)13-4-1-2-5-14(13)19(23)27/h1-6,9-10H,7-8,11H2,(H,21,22,25). The Labute approximate surface area is 174 Å². The molecular formula is C20H15N3O4S2. The van der Waals surface area contributed by atoms with Crippen molar-refractivity contribution in [2.24, 2.45) is 0 Å². The van der Waals surface area contributed by atoms with E-state index in [4.69, 9.17) is 0 Å². The number of carbonyl (C=O) groups excluding carboxylic acids is 4. The van der Waals surface area contributed by atoms with Crippen LogP contribution < -0.4 is 5.32 Å². The van der Waals surface area contributed by atoms with Gasteiger partial charge in [-0.05, 0) is 23.6 Å². The second-order valence-electron chi connectivity index (χ2n) is 6.32. The van der Waals surface area contributed by atoms with E-state index in [0.29, 0.717) is 26.0 Å². The summed E-state index contributed by atoms with van der Waals surface area (Å²) in [5.41, 5.74) is 0.789. The summed E-state index contributed by atoms with van der Waals surface area (Å²) in [6.07, 6.45) is 1.71. The van der Waals surface area contributed by atoms with E-state index >= 15 is 0 Å². The summed E-state index contributed by atoms with van der Waals surface area (Å²) in [6.45, 7) is 0.0940. The van der Waals surface area contributed by atoms with Crippen LogP contribution in [0.3, 0.4) is 0 Å². The van der Waals surface area contributed by atoms with Crippen molar-refractivity contribution in [3.05, 3.63) is 68.9 Å². The van der Waals surface area contributed by atoms with Gasteiger partial charge in [0.1, 0.15) is 0 Å². The van der Waals surface area contributed by atoms with Gasteiger partial charge in [-0.25, -0.2) is 4.98 Å². The molecule has 0 saturated heterocycles. The summed E-state index contributed by atoms with van der Waals surface area (Å²) in [6, 6.07) is 10.2. The average Bonchev–Trinajstić information content (AvgIpc) is 3.45. The van der Waals surface area contributed by atoms with E-state index in [-0.39, 0.29) is 42.9 Å². The number of Topliss-reactive ketones (excluding diaryl/α,β-unsaturated/α-hetero) is 1. The zero-order valence-electron chi connectivity index (χ0n) is 15.1. The number of amides is 3. The normalized spacial score (nSPS) is 12.9. The smallest absolute Gasteiger partial charge is 0.261 e. The molecule has 3 amide bonds. The average molecular weight is 425 g/mol. The Kier molecular flexibility index (Phi) is 5.32. The van der Waals surface area contributed by atoms with E-state index in [0.717, 1.165) is 0 Å². The Bertz CT molecular complexity index is 1070. The summed E-state index contributed by atoms with van der Waals surface area (Å²) >= 11 is 2.54. The first-order chi connectivity index (χ1) is 14.0. The lowest BCUT2D eigenvalue weighted by Gasteiger charge is -2.11. The SMILES string of the molecule is O=C(CCC(=O)c1cccs1)Nc1ncc(CN2C(=O)c3ccccc3C2=O)s1. The minimum Gasteiger partial charge on any atom is -0.302 e. The highest BCUT2D eigenvalue weighted by Crippen LogP contribution is 2.27. The molecule has 29 heavy (non-hydrogen) atoms. The Balaban J connectivity index is 1.33. The minimum atomic E-state index is -0.336. The predicted octanol–water partition coefficient (Wildman–Crippen LogP) is 3.60. The molecule has 0 unspecified atom stereocenters. The first kappa shape index (κ1) is 19.2. The molecule has 0 radical (unpaired) electrons. The van der Waals surface area contributed by atoms with Crippen LogP contribution in [0, 0.1) is 0 Å². The van der Waals surface area contributed by atoms with E-state index in [2.05, 4.69) is 10.3 Å². The number of carbonyl (C=O) groups is 4. The van der Waals surface area contributed by atoms with Crippen LogP contribution in [0.15, 0.2) is 48.0 Å². The van der Waals surface area contributed by atoms with Gasteiger partial charge in [-0.1, -0.05) is 29.5 Å². The summed E-state index contributed by atoms with van der Waals surface area (Å²) < 4.78 is 0. The van der Waals surface area contributed by atoms with Gasteiger partial charge in [0.2, 0.25) is 5.91 Å². The first-order valence-corrected chi connectivity index (χ1v) is 10.5. The molecule has 0 aliphatic carbocycles. The number of nitrogens with zero attached hydrogens (tertiary/aromatic N) is 2. The molecule has 146 valence electrons. The number of hydrogen-bond donors (Lipinski definition) is 1. The van der Waals surface area contributed by atoms with Gasteiger partial charge in [0, 0.05) is 23.9 Å². The number of thiophene rings is 1. The molecule has 3 heterocycles. The molecule has 4 rings (SSSR count). The molecule has 0 atom stereocenters. The molecule has 0 bridgehead atoms. The van der Waals surface area contributed by atoms with Crippen molar-refractivity contribution >= 4 is 51.3 Å². The summed E-state index contributed by atoms with van der Waals surface area (Å²) in [5, 5.41) is 4.84. The molecule has 0 saturated carbocycles. The van der Waals surface area contributed by atoms with Gasteiger partial charge < -0.3 is 5.32 Å². The molecule has 9 heteroatoms. The van der Waals surface area contributed by atoms with Crippen LogP contribution in [0.25, 0.3) is 0 Å². The molecule has 1 aliphatic heterocycles. The van der Waals surface area contributed by atoms with Gasteiger partial charge >= 0.3 is 0 Å². The third-order valence-electron chi connectivity index (χ3n) is 4.37. The number of ketones is 1. The number of thiazole rings is 1. The maximum absolute atomic E-state index is 12.4. The first-order valence-electron chi connectivity index (χ1n) is 8.79. The topological polar surface area (TPSA) is 96.4 Å². The molecule has 7 nitrogen and oxygen atoms in total. The number of nitrogens with one attached hydrogen (secondary N) is 1. The van der Waals surface area contributed by atoms with Crippen molar-refractivity contribution in [1.29, 1.82) is 0 Å². The largest absolute Gasteiger partial charge is 0.302 e. The van der Waals surface area contributed by atoms with Crippen LogP contribution in [0.5, 0.6) is 0 Å². The minimum absolute atomic E-state index is 0.0596. The van der Waals surface area contributed by atoms with E-state index < -0.39 is 0 Å². The number of aromatic nitrogens is 1. The summed E-state index contributed by atoms with van der Waals surface area (Å²) in [4.78, 5) is 55.5. The van der Waals surface area contributed by atoms with Crippen molar-refractivity contribution in [3.8, 4) is 0 Å². The highest BCUT2D eigenvalue weighted by Gasteiger charge is 2.35. The second-order valence-corrected chi connectivity index (χ2v) is 8.39. The number of fused-ring (bicyclic) bond motifs is 1. The molecule has 0 spiro atoms. The lowest BCUT2D eigenvalue weighted by molar-refractivity contribution is -0.116. The Morgan fingerprint density at radius 1 is 1.00 bits per heavy atom. The van der Waals surface area contributed by atoms with Crippen molar-refractivity contribution in [3.63, 3.8) is 0 Å². The quantitative estimate of drug-likeness (QED) is 0.461. The van der Waals surface area contributed by atoms with Crippen LogP contribution in [0.4, 0.5) is 5.13 Å². The lowest BCUT2D eigenvalue weighted by Crippen LogP contribution is -2.28. The van der Waals surface area contributed by atoms with E-state index in [1.807, 2.05) is 5.38 Å². The number of hydrogen-bond acceptors (Lipinski definition) is 7. The summed E-state index contributed by atoms with van der Waals surface area (Å²) in [7, 11) is 0. The van der Waals surface area contributed by atoms with Crippen LogP contribution in [-0.2, 0) is 11.3 Å². The predicted molar refractivity (Wildman–Crippen MR) is 109 cm³/mol. The number of anilines is 1. The zero-order valence-corrected chi connectivity index (χ0v) is 16.7. The molecule has 1 aromatic carbocycles. The molecular weight excluding hydrogens is 410 g/mol. The molecule has 0 fully saturated rings. The number of rotatable bonds is 7. The van der Waals surface area contributed by atoms with E-state index in [1.165, 1.54) is 33.8 Å². The monoisotopic (exact) mass is 425 g/mol. The Hall–Kier alpha value is -3.17. The van der Waals surface area contributed by atoms with Crippen LogP contribution in [0.2, 0.25) is 0 Å². The number of imide groups is 1. The van der Waals surface area contributed by atoms with Gasteiger partial charge in [-0.15, -0.1) is 11.3 Å². The van der Waals surface area contributed by atoms with E-state index in [1.54, 1.807) is 36.4 Å². The van der Waals surface area contributed by atoms with Crippen LogP contribution >= 0.6 is 22.7 Å². The zero-order chi connectivity index (χ0) is 20.4. The fraction of sp³-hybridized carbons (Fsp3) is 0.150. The van der Waals surface area contributed by atoms with Crippen molar-refractivity contribution < 1.29 is 19.2 Å². The molecule has 1 N–H and O–H groups in total. The molecule has 2 aromatic heterocycles. The maximum atomic E-state index is 12.4. The fourth-order valence-corrected chi connectivity index (χ4v) is 4.46. The lowest BCUT2D eigenvalue weighted by atomic mass is 10.1. The van der Waals surface area contributed by atoms with Crippen molar-refractivity contribution in [2.75, 3.05) is 5.32 Å². The third-order valence-corrected chi connectivity index (χ3v) is 6.18. The molecule has 3 aromatic rings. The van der Waals surface area contributed by atoms with Gasteiger partial charge in [-0.2, -0.15) is 0 Å². The van der Waals surface area contributed by atoms with Gasteiger partial charge in [0.25, 0.3) is 11.8 Å². The fourth-order valence-electron chi connectivity index (χ4n) is 2.95. The Morgan fingerprint density at radius 3 is 2.38 bits per heavy atom. The second kappa shape index (κ2) is 8.06. The highest BCUT2D eigenvalue weighted by molar-refractivity contribution is 7.15. The Morgan fingerprint density at radius 2 is 1.72 bits per heavy atom. The molecule has 1 aliphatic rings. The van der Waals surface area contributed by atoms with Gasteiger partial charge in [0.05, 0.1) is 22.5 Å². The van der Waals surface area contributed by atoms with Crippen LogP contribution in [-0.4, -0.2) is 33.4 Å². The third kappa shape index (κ3) is 4.01. The van der Waals surface area contributed by atoms with Crippen molar-refractivity contribution in [2.45, 2.75) is 19.4 Å². The highest BCUT2D eigenvalue weighted by atomic mass is 32.1. The van der Waals surface area contributed by atoms with E-state index in [9.17, 15) is 19.2 Å².